The predicted molar refractivity (Wildman–Crippen MR) is 118 cm³/mol. The van der Waals surface area contributed by atoms with Crippen LogP contribution in [-0.2, 0) is 11.8 Å². The van der Waals surface area contributed by atoms with Gasteiger partial charge < -0.3 is 19.8 Å². The number of rotatable bonds is 3. The summed E-state index contributed by atoms with van der Waals surface area (Å²) >= 11 is 0. The van der Waals surface area contributed by atoms with Crippen molar-refractivity contribution < 1.29 is 19.7 Å². The predicted octanol–water partition coefficient (Wildman–Crippen LogP) is 3.23. The van der Waals surface area contributed by atoms with Crippen LogP contribution in [0.4, 0.5) is 0 Å². The lowest BCUT2D eigenvalue weighted by Crippen LogP contribution is -2.64. The van der Waals surface area contributed by atoms with Crippen LogP contribution >= 0.6 is 0 Å². The summed E-state index contributed by atoms with van der Waals surface area (Å²) in [6.07, 6.45) is 5.57. The monoisotopic (exact) mass is 415 g/mol. The number of likely N-dealkylation sites (N-methyl/N-ethyl adjacent to an activating group) is 1. The van der Waals surface area contributed by atoms with Crippen molar-refractivity contribution >= 4 is 5.78 Å². The number of ether oxygens (including phenoxy) is 1. The minimum absolute atomic E-state index is 0.0118. The number of aliphatic hydroxyl groups excluding tert-OH is 1. The van der Waals surface area contributed by atoms with Crippen LogP contribution in [0, 0.1) is 5.92 Å². The lowest BCUT2D eigenvalue weighted by Gasteiger charge is -2.56. The first-order valence-electron chi connectivity index (χ1n) is 10.9. The highest BCUT2D eigenvalue weighted by atomic mass is 16.5. The minimum Gasteiger partial charge on any atom is -0.504 e. The third-order valence-corrected chi connectivity index (χ3v) is 7.94. The van der Waals surface area contributed by atoms with Crippen LogP contribution < -0.4 is 4.74 Å². The van der Waals surface area contributed by atoms with Gasteiger partial charge in [0.25, 0.3) is 0 Å². The second kappa shape index (κ2) is 6.31. The van der Waals surface area contributed by atoms with Gasteiger partial charge in [-0.3, -0.25) is 4.79 Å². The van der Waals surface area contributed by atoms with Crippen molar-refractivity contribution in [3.05, 3.63) is 71.8 Å². The number of phenolic OH excluding ortho intramolecular Hbond substituents is 1. The van der Waals surface area contributed by atoms with Crippen LogP contribution in [0.2, 0.25) is 0 Å². The minimum atomic E-state index is -0.753. The van der Waals surface area contributed by atoms with E-state index in [0.29, 0.717) is 23.3 Å². The molecule has 1 fully saturated rings. The molecule has 2 aliphatic carbocycles. The number of hydrogen-bond donors (Lipinski definition) is 2. The van der Waals surface area contributed by atoms with E-state index >= 15 is 0 Å². The molecular formula is C26H25NO4. The molecule has 2 heterocycles. The fourth-order valence-corrected chi connectivity index (χ4v) is 6.64. The van der Waals surface area contributed by atoms with E-state index in [2.05, 4.69) is 24.6 Å². The molecule has 4 aliphatic rings. The van der Waals surface area contributed by atoms with Crippen molar-refractivity contribution in [2.75, 3.05) is 13.6 Å². The van der Waals surface area contributed by atoms with E-state index in [9.17, 15) is 15.0 Å². The third-order valence-electron chi connectivity index (χ3n) is 7.94. The Hall–Kier alpha value is -2.89. The second-order valence-corrected chi connectivity index (χ2v) is 9.20. The molecule has 31 heavy (non-hydrogen) atoms. The van der Waals surface area contributed by atoms with Gasteiger partial charge in [-0.05, 0) is 43.6 Å². The second-order valence-electron chi connectivity index (χ2n) is 9.20. The highest BCUT2D eigenvalue weighted by molar-refractivity contribution is 6.12. The van der Waals surface area contributed by atoms with Gasteiger partial charge in [0.15, 0.2) is 17.3 Å². The van der Waals surface area contributed by atoms with E-state index in [0.717, 1.165) is 29.7 Å². The van der Waals surface area contributed by atoms with Crippen molar-refractivity contribution in [3.63, 3.8) is 0 Å². The first-order chi connectivity index (χ1) is 15.0. The summed E-state index contributed by atoms with van der Waals surface area (Å²) in [5.74, 6) is 0.400. The van der Waals surface area contributed by atoms with Gasteiger partial charge >= 0.3 is 0 Å². The van der Waals surface area contributed by atoms with E-state index < -0.39 is 17.6 Å². The van der Waals surface area contributed by atoms with E-state index in [1.807, 2.05) is 36.4 Å². The highest BCUT2D eigenvalue weighted by Gasteiger charge is 2.65. The quantitative estimate of drug-likeness (QED) is 0.458. The standard InChI is InChI=1S/C26H25NO4/c1-3-18(28)21-15-13-17-16-9-10-19(29)25-26(16,11-12-27(17)2)22(15)24(31-25)23(30)20(21)14-7-5-4-6-8-14/h3-10,16-17,19,25,29-30H,1,11-13H2,2H3/t16-,17+,19-,25-,26-/m0/s1. The van der Waals surface area contributed by atoms with Crippen LogP contribution in [0.15, 0.2) is 55.1 Å². The van der Waals surface area contributed by atoms with Gasteiger partial charge in [-0.2, -0.15) is 0 Å². The van der Waals surface area contributed by atoms with Crippen molar-refractivity contribution in [2.45, 2.75) is 36.5 Å². The number of likely N-dealkylation sites (tertiary alicyclic amines) is 1. The zero-order valence-corrected chi connectivity index (χ0v) is 17.4. The van der Waals surface area contributed by atoms with Crippen LogP contribution in [-0.4, -0.2) is 52.7 Å². The molecule has 0 aromatic heterocycles. The fourth-order valence-electron chi connectivity index (χ4n) is 6.64. The Bertz CT molecular complexity index is 1150. The van der Waals surface area contributed by atoms with Gasteiger partial charge in [0, 0.05) is 34.1 Å². The Labute approximate surface area is 181 Å². The molecule has 2 aromatic rings. The lowest BCUT2D eigenvalue weighted by molar-refractivity contribution is -0.0453. The van der Waals surface area contributed by atoms with Crippen molar-refractivity contribution in [2.24, 2.45) is 5.92 Å². The zero-order chi connectivity index (χ0) is 21.5. The smallest absolute Gasteiger partial charge is 0.186 e. The molecule has 2 aliphatic heterocycles. The van der Waals surface area contributed by atoms with Crippen LogP contribution in [0.5, 0.6) is 11.5 Å². The molecule has 0 unspecified atom stereocenters. The highest BCUT2D eigenvalue weighted by Crippen LogP contribution is 2.64. The van der Waals surface area contributed by atoms with Gasteiger partial charge in [0.2, 0.25) is 0 Å². The number of benzene rings is 2. The Morgan fingerprint density at radius 2 is 2.06 bits per heavy atom. The van der Waals surface area contributed by atoms with Gasteiger partial charge in [-0.25, -0.2) is 0 Å². The summed E-state index contributed by atoms with van der Waals surface area (Å²) < 4.78 is 6.38. The van der Waals surface area contributed by atoms with E-state index in [1.165, 1.54) is 6.08 Å². The summed E-state index contributed by atoms with van der Waals surface area (Å²) in [7, 11) is 2.13. The number of piperidine rings is 1. The molecule has 158 valence electrons. The summed E-state index contributed by atoms with van der Waals surface area (Å²) in [5, 5.41) is 22.3. The van der Waals surface area contributed by atoms with Crippen LogP contribution in [0.25, 0.3) is 11.1 Å². The molecule has 2 N–H and O–H groups in total. The fraction of sp³-hybridized carbons (Fsp3) is 0.346. The molecule has 1 saturated heterocycles. The molecule has 0 amide bonds. The molecule has 2 aromatic carbocycles. The number of carbonyl (C=O) groups is 1. The number of phenols is 1. The molecule has 6 rings (SSSR count). The number of nitrogens with zero attached hydrogens (tertiary/aromatic N) is 1. The van der Waals surface area contributed by atoms with Gasteiger partial charge in [-0.1, -0.05) is 49.1 Å². The number of aromatic hydroxyl groups is 1. The average molecular weight is 415 g/mol. The first-order valence-corrected chi connectivity index (χ1v) is 10.9. The van der Waals surface area contributed by atoms with Crippen LogP contribution in [0.3, 0.4) is 0 Å². The van der Waals surface area contributed by atoms with E-state index in [-0.39, 0.29) is 23.5 Å². The zero-order valence-electron chi connectivity index (χ0n) is 17.4. The Kier molecular flexibility index (Phi) is 3.84. The number of carbonyl (C=O) groups excluding carboxylic acids is 1. The third kappa shape index (κ3) is 2.20. The largest absolute Gasteiger partial charge is 0.504 e. The molecule has 5 nitrogen and oxygen atoms in total. The van der Waals surface area contributed by atoms with Gasteiger partial charge in [0.05, 0.1) is 0 Å². The van der Waals surface area contributed by atoms with E-state index in [4.69, 9.17) is 4.74 Å². The number of allylic oxidation sites excluding steroid dienone is 1. The molecule has 1 spiro atoms. The van der Waals surface area contributed by atoms with Gasteiger partial charge in [-0.15, -0.1) is 0 Å². The maximum absolute atomic E-state index is 13.2. The normalized spacial score (nSPS) is 32.3. The summed E-state index contributed by atoms with van der Waals surface area (Å²) in [6.45, 7) is 4.62. The maximum atomic E-state index is 13.2. The van der Waals surface area contributed by atoms with Crippen LogP contribution in [0.1, 0.15) is 27.9 Å². The summed E-state index contributed by atoms with van der Waals surface area (Å²) in [4.78, 5) is 15.6. The molecular weight excluding hydrogens is 390 g/mol. The summed E-state index contributed by atoms with van der Waals surface area (Å²) in [6, 6.07) is 9.67. The van der Waals surface area contributed by atoms with Gasteiger partial charge in [0.1, 0.15) is 12.2 Å². The van der Waals surface area contributed by atoms with E-state index in [1.54, 1.807) is 0 Å². The lowest BCUT2D eigenvalue weighted by atomic mass is 9.52. The molecule has 0 saturated carbocycles. The van der Waals surface area contributed by atoms with Crippen molar-refractivity contribution in [1.29, 1.82) is 0 Å². The number of hydrogen-bond acceptors (Lipinski definition) is 5. The SMILES string of the molecule is C=CC(=O)c1c2c3c(c(O)c1-c1ccccc1)O[C@H]1[C@@H](O)C=C[C@H]4[C@@H](C2)N(C)CC[C@@]341. The average Bonchev–Trinajstić information content (AvgIpc) is 3.14. The first kappa shape index (κ1) is 18.8. The number of aliphatic hydroxyl groups is 1. The van der Waals surface area contributed by atoms with Crippen molar-refractivity contribution in [1.82, 2.24) is 4.90 Å². The molecule has 0 radical (unpaired) electrons. The molecule has 5 heteroatoms. The summed E-state index contributed by atoms with van der Waals surface area (Å²) in [5.41, 5.74) is 3.21. The molecule has 2 bridgehead atoms. The Balaban J connectivity index is 1.74. The molecule has 5 atom stereocenters. The van der Waals surface area contributed by atoms with Crippen molar-refractivity contribution in [3.8, 4) is 22.6 Å². The maximum Gasteiger partial charge on any atom is 0.186 e. The number of ketones is 1. The topological polar surface area (TPSA) is 70.0 Å². The Morgan fingerprint density at radius 1 is 1.29 bits per heavy atom. The Morgan fingerprint density at radius 3 is 2.81 bits per heavy atom.